The van der Waals surface area contributed by atoms with E-state index in [0.29, 0.717) is 5.03 Å². The van der Waals surface area contributed by atoms with Crippen LogP contribution in [-0.2, 0) is 9.59 Å². The Morgan fingerprint density at radius 2 is 2.10 bits per heavy atom. The molecule has 1 saturated heterocycles. The number of carbonyl (C=O) groups is 2. The van der Waals surface area contributed by atoms with Gasteiger partial charge in [0.2, 0.25) is 5.91 Å². The van der Waals surface area contributed by atoms with Gasteiger partial charge in [0, 0.05) is 0 Å². The van der Waals surface area contributed by atoms with Gasteiger partial charge in [0.25, 0.3) is 0 Å². The molecule has 1 aliphatic heterocycles. The number of carboxylic acids is 1. The number of amides is 1. The van der Waals surface area contributed by atoms with E-state index in [-0.39, 0.29) is 12.3 Å². The number of aliphatic carboxylic acids is 1. The van der Waals surface area contributed by atoms with Gasteiger partial charge >= 0.3 is 5.97 Å². The molecule has 2 N–H and O–H groups in total. The zero-order valence-electron chi connectivity index (χ0n) is 11.7. The number of carboxylic acid groups (broad SMARTS) is 1. The SMILES string of the molecule is CCC(=C/C=C1\NC(=O)C(CC(=O)O)S1)c1ccccc1. The van der Waals surface area contributed by atoms with Crippen molar-refractivity contribution in [3.63, 3.8) is 0 Å². The maximum absolute atomic E-state index is 11.6. The first-order chi connectivity index (χ1) is 10.1. The molecule has 4 nitrogen and oxygen atoms in total. The lowest BCUT2D eigenvalue weighted by Gasteiger charge is -2.03. The van der Waals surface area contributed by atoms with E-state index in [1.54, 1.807) is 0 Å². The van der Waals surface area contributed by atoms with Crippen molar-refractivity contribution < 1.29 is 14.7 Å². The van der Waals surface area contributed by atoms with Crippen LogP contribution in [0.3, 0.4) is 0 Å². The van der Waals surface area contributed by atoms with Gasteiger partial charge in [0.15, 0.2) is 0 Å². The Bertz CT molecular complexity index is 593. The van der Waals surface area contributed by atoms with Crippen molar-refractivity contribution in [1.29, 1.82) is 0 Å². The van der Waals surface area contributed by atoms with Crippen LogP contribution in [0.2, 0.25) is 0 Å². The first-order valence-electron chi connectivity index (χ1n) is 6.75. The zero-order valence-corrected chi connectivity index (χ0v) is 12.5. The largest absolute Gasteiger partial charge is 0.481 e. The zero-order chi connectivity index (χ0) is 15.2. The molecule has 1 heterocycles. The number of hydrogen-bond acceptors (Lipinski definition) is 3. The van der Waals surface area contributed by atoms with Gasteiger partial charge in [-0.1, -0.05) is 55.1 Å². The maximum Gasteiger partial charge on any atom is 0.305 e. The molecule has 1 amide bonds. The lowest BCUT2D eigenvalue weighted by molar-refractivity contribution is -0.138. The van der Waals surface area contributed by atoms with Crippen LogP contribution in [0.25, 0.3) is 5.57 Å². The van der Waals surface area contributed by atoms with Crippen LogP contribution in [0.15, 0.2) is 47.5 Å². The molecule has 1 aliphatic rings. The van der Waals surface area contributed by atoms with E-state index >= 15 is 0 Å². The number of rotatable bonds is 5. The summed E-state index contributed by atoms with van der Waals surface area (Å²) in [5.74, 6) is -1.20. The average Bonchev–Trinajstić information content (AvgIpc) is 2.80. The van der Waals surface area contributed by atoms with E-state index in [1.807, 2.05) is 42.5 Å². The van der Waals surface area contributed by atoms with Crippen molar-refractivity contribution in [2.75, 3.05) is 0 Å². The molecule has 2 rings (SSSR count). The molecule has 0 aromatic heterocycles. The molecule has 1 aromatic carbocycles. The van der Waals surface area contributed by atoms with Gasteiger partial charge in [-0.15, -0.1) is 0 Å². The summed E-state index contributed by atoms with van der Waals surface area (Å²) < 4.78 is 0. The van der Waals surface area contributed by atoms with E-state index in [0.717, 1.165) is 12.0 Å². The first-order valence-corrected chi connectivity index (χ1v) is 7.63. The van der Waals surface area contributed by atoms with Crippen molar-refractivity contribution >= 4 is 29.2 Å². The molecular formula is C16H17NO3S. The topological polar surface area (TPSA) is 66.4 Å². The second kappa shape index (κ2) is 7.13. The number of benzene rings is 1. The van der Waals surface area contributed by atoms with Crippen molar-refractivity contribution in [3.8, 4) is 0 Å². The predicted octanol–water partition coefficient (Wildman–Crippen LogP) is 3.03. The lowest BCUT2D eigenvalue weighted by atomic mass is 10.0. The highest BCUT2D eigenvalue weighted by molar-refractivity contribution is 8.04. The van der Waals surface area contributed by atoms with Crippen LogP contribution in [-0.4, -0.2) is 22.2 Å². The molecule has 0 spiro atoms. The standard InChI is InChI=1S/C16H17NO3S/c1-2-11(12-6-4-3-5-7-12)8-9-14-17-16(20)13(21-14)10-15(18)19/h3-9,13H,2,10H2,1H3,(H,17,20)(H,18,19)/b11-8?,14-9+. The average molecular weight is 303 g/mol. The van der Waals surface area contributed by atoms with Gasteiger partial charge in [0.05, 0.1) is 11.4 Å². The maximum atomic E-state index is 11.6. The molecule has 0 saturated carbocycles. The number of carbonyl (C=O) groups excluding carboxylic acids is 1. The van der Waals surface area contributed by atoms with Crippen molar-refractivity contribution in [3.05, 3.63) is 53.1 Å². The summed E-state index contributed by atoms with van der Waals surface area (Å²) in [6.45, 7) is 2.07. The van der Waals surface area contributed by atoms with E-state index in [2.05, 4.69) is 12.2 Å². The Morgan fingerprint density at radius 3 is 2.71 bits per heavy atom. The fourth-order valence-electron chi connectivity index (χ4n) is 2.06. The lowest BCUT2D eigenvalue weighted by Crippen LogP contribution is -2.24. The van der Waals surface area contributed by atoms with Gasteiger partial charge in [-0.2, -0.15) is 0 Å². The van der Waals surface area contributed by atoms with Crippen LogP contribution in [0.1, 0.15) is 25.3 Å². The molecular weight excluding hydrogens is 286 g/mol. The minimum Gasteiger partial charge on any atom is -0.481 e. The molecule has 0 radical (unpaired) electrons. The van der Waals surface area contributed by atoms with Gasteiger partial charge < -0.3 is 10.4 Å². The summed E-state index contributed by atoms with van der Waals surface area (Å²) in [6, 6.07) is 10.0. The third-order valence-corrected chi connectivity index (χ3v) is 4.29. The van der Waals surface area contributed by atoms with Crippen molar-refractivity contribution in [1.82, 2.24) is 5.32 Å². The number of nitrogens with one attached hydrogen (secondary N) is 1. The molecule has 5 heteroatoms. The van der Waals surface area contributed by atoms with Crippen LogP contribution in [0.4, 0.5) is 0 Å². The Kier molecular flexibility index (Phi) is 5.22. The number of hydrogen-bond donors (Lipinski definition) is 2. The van der Waals surface area contributed by atoms with Crippen LogP contribution in [0.5, 0.6) is 0 Å². The minimum absolute atomic E-state index is 0.156. The van der Waals surface area contributed by atoms with Gasteiger partial charge in [0.1, 0.15) is 5.25 Å². The minimum atomic E-state index is -0.960. The Labute approximate surface area is 127 Å². The third-order valence-electron chi connectivity index (χ3n) is 3.13. The van der Waals surface area contributed by atoms with E-state index < -0.39 is 11.2 Å². The number of allylic oxidation sites excluding steroid dienone is 3. The summed E-state index contributed by atoms with van der Waals surface area (Å²) in [4.78, 5) is 22.3. The summed E-state index contributed by atoms with van der Waals surface area (Å²) in [5, 5.41) is 11.6. The molecule has 1 unspecified atom stereocenters. The van der Waals surface area contributed by atoms with Gasteiger partial charge in [-0.3, -0.25) is 9.59 Å². The monoisotopic (exact) mass is 303 g/mol. The molecule has 0 bridgehead atoms. The summed E-state index contributed by atoms with van der Waals surface area (Å²) >= 11 is 1.27. The van der Waals surface area contributed by atoms with E-state index in [1.165, 1.54) is 17.3 Å². The molecule has 0 aliphatic carbocycles. The van der Waals surface area contributed by atoms with Gasteiger partial charge in [-0.25, -0.2) is 0 Å². The second-order valence-electron chi connectivity index (χ2n) is 4.64. The third kappa shape index (κ3) is 4.23. The van der Waals surface area contributed by atoms with E-state index in [4.69, 9.17) is 5.11 Å². The highest BCUT2D eigenvalue weighted by Gasteiger charge is 2.30. The Morgan fingerprint density at radius 1 is 1.38 bits per heavy atom. The molecule has 110 valence electrons. The van der Waals surface area contributed by atoms with Crippen LogP contribution in [0, 0.1) is 0 Å². The fraction of sp³-hybridized carbons (Fsp3) is 0.250. The first kappa shape index (κ1) is 15.4. The number of thioether (sulfide) groups is 1. The quantitative estimate of drug-likeness (QED) is 0.877. The van der Waals surface area contributed by atoms with Crippen LogP contribution < -0.4 is 5.32 Å². The highest BCUT2D eigenvalue weighted by atomic mass is 32.2. The van der Waals surface area contributed by atoms with Crippen molar-refractivity contribution in [2.24, 2.45) is 0 Å². The summed E-state index contributed by atoms with van der Waals surface area (Å²) in [5.41, 5.74) is 2.31. The van der Waals surface area contributed by atoms with Crippen molar-refractivity contribution in [2.45, 2.75) is 25.0 Å². The summed E-state index contributed by atoms with van der Waals surface area (Å²) in [6.07, 6.45) is 4.54. The predicted molar refractivity (Wildman–Crippen MR) is 84.6 cm³/mol. The smallest absolute Gasteiger partial charge is 0.305 e. The molecule has 1 fully saturated rings. The highest BCUT2D eigenvalue weighted by Crippen LogP contribution is 2.29. The Balaban J connectivity index is 2.11. The van der Waals surface area contributed by atoms with E-state index in [9.17, 15) is 9.59 Å². The molecule has 21 heavy (non-hydrogen) atoms. The normalized spacial score (nSPS) is 20.6. The summed E-state index contributed by atoms with van der Waals surface area (Å²) in [7, 11) is 0. The van der Waals surface area contributed by atoms with Gasteiger partial charge in [-0.05, 0) is 23.6 Å². The molecule has 1 aromatic rings. The fourth-order valence-corrected chi connectivity index (χ4v) is 3.06. The second-order valence-corrected chi connectivity index (χ2v) is 5.88. The molecule has 1 atom stereocenters. The van der Waals surface area contributed by atoms with Crippen LogP contribution >= 0.6 is 11.8 Å². The Hall–Kier alpha value is -2.01.